The molecule has 1 heterocycles. The van der Waals surface area contributed by atoms with Gasteiger partial charge in [-0.2, -0.15) is 0 Å². The van der Waals surface area contributed by atoms with E-state index in [1.54, 1.807) is 12.4 Å². The summed E-state index contributed by atoms with van der Waals surface area (Å²) in [6.07, 6.45) is 5.66. The first-order valence-corrected chi connectivity index (χ1v) is 5.38. The fraction of sp³-hybridized carbons (Fsp3) is 0.667. The third kappa shape index (κ3) is 3.44. The number of aromatic nitrogens is 2. The van der Waals surface area contributed by atoms with Gasteiger partial charge in [-0.1, -0.05) is 27.7 Å². The molecular formula is C12H20N2. The van der Waals surface area contributed by atoms with Gasteiger partial charge >= 0.3 is 0 Å². The third-order valence-corrected chi connectivity index (χ3v) is 2.06. The zero-order valence-electron chi connectivity index (χ0n) is 9.62. The van der Waals surface area contributed by atoms with Gasteiger partial charge in [0.25, 0.3) is 0 Å². The van der Waals surface area contributed by atoms with Crippen LogP contribution in [0.3, 0.4) is 0 Å². The maximum Gasteiger partial charge on any atom is 0.0621 e. The van der Waals surface area contributed by atoms with Crippen molar-refractivity contribution in [1.29, 1.82) is 0 Å². The Balaban J connectivity index is 2.80. The fourth-order valence-corrected chi connectivity index (χ4v) is 1.51. The van der Waals surface area contributed by atoms with E-state index in [4.69, 9.17) is 0 Å². The average Bonchev–Trinajstić information content (AvgIpc) is 2.06. The summed E-state index contributed by atoms with van der Waals surface area (Å²) in [7, 11) is 0. The first-order valence-electron chi connectivity index (χ1n) is 5.38. The van der Waals surface area contributed by atoms with Crippen molar-refractivity contribution in [2.45, 2.75) is 40.5 Å². The normalized spacial score (nSPS) is 11.3. The van der Waals surface area contributed by atoms with Crippen molar-refractivity contribution >= 4 is 0 Å². The molecule has 2 heteroatoms. The van der Waals surface area contributed by atoms with Crippen LogP contribution in [-0.2, 0) is 12.8 Å². The van der Waals surface area contributed by atoms with E-state index in [0.717, 1.165) is 12.8 Å². The molecule has 0 aliphatic rings. The van der Waals surface area contributed by atoms with Gasteiger partial charge in [0.2, 0.25) is 0 Å². The van der Waals surface area contributed by atoms with E-state index < -0.39 is 0 Å². The van der Waals surface area contributed by atoms with Crippen LogP contribution in [-0.4, -0.2) is 9.97 Å². The molecular weight excluding hydrogens is 172 g/mol. The highest BCUT2D eigenvalue weighted by Gasteiger charge is 2.08. The second-order valence-corrected chi connectivity index (χ2v) is 4.65. The van der Waals surface area contributed by atoms with E-state index in [0.29, 0.717) is 11.8 Å². The highest BCUT2D eigenvalue weighted by molar-refractivity contribution is 5.11. The molecule has 1 aromatic rings. The average molecular weight is 192 g/mol. The number of hydrogen-bond donors (Lipinski definition) is 0. The van der Waals surface area contributed by atoms with E-state index in [-0.39, 0.29) is 0 Å². The van der Waals surface area contributed by atoms with Crippen LogP contribution in [0.1, 0.15) is 39.1 Å². The van der Waals surface area contributed by atoms with Crippen molar-refractivity contribution in [3.63, 3.8) is 0 Å². The van der Waals surface area contributed by atoms with Gasteiger partial charge in [0.05, 0.1) is 11.4 Å². The topological polar surface area (TPSA) is 25.8 Å². The van der Waals surface area contributed by atoms with Gasteiger partial charge in [0.15, 0.2) is 0 Å². The Bertz CT molecular complexity index is 250. The monoisotopic (exact) mass is 192 g/mol. The van der Waals surface area contributed by atoms with Crippen molar-refractivity contribution in [3.8, 4) is 0 Å². The Morgan fingerprint density at radius 3 is 1.50 bits per heavy atom. The smallest absolute Gasteiger partial charge is 0.0621 e. The molecule has 0 aromatic carbocycles. The van der Waals surface area contributed by atoms with Crippen LogP contribution >= 0.6 is 0 Å². The van der Waals surface area contributed by atoms with Crippen LogP contribution in [0.25, 0.3) is 0 Å². The molecule has 0 N–H and O–H groups in total. The Kier molecular flexibility index (Phi) is 4.05. The summed E-state index contributed by atoms with van der Waals surface area (Å²) in [5.74, 6) is 1.30. The first kappa shape index (κ1) is 11.2. The van der Waals surface area contributed by atoms with Gasteiger partial charge in [0, 0.05) is 12.4 Å². The lowest BCUT2D eigenvalue weighted by Crippen LogP contribution is -2.07. The Morgan fingerprint density at radius 2 is 1.21 bits per heavy atom. The minimum atomic E-state index is 0.651. The molecule has 0 unspecified atom stereocenters. The number of rotatable bonds is 4. The van der Waals surface area contributed by atoms with E-state index in [9.17, 15) is 0 Å². The highest BCUT2D eigenvalue weighted by Crippen LogP contribution is 2.12. The number of hydrogen-bond acceptors (Lipinski definition) is 2. The molecule has 0 saturated heterocycles. The maximum absolute atomic E-state index is 4.41. The summed E-state index contributed by atoms with van der Waals surface area (Å²) in [5.41, 5.74) is 2.35. The van der Waals surface area contributed by atoms with Crippen molar-refractivity contribution in [2.24, 2.45) is 11.8 Å². The van der Waals surface area contributed by atoms with Crippen LogP contribution in [0.5, 0.6) is 0 Å². The zero-order valence-corrected chi connectivity index (χ0v) is 9.62. The quantitative estimate of drug-likeness (QED) is 0.733. The molecule has 0 fully saturated rings. The lowest BCUT2D eigenvalue weighted by Gasteiger charge is -2.10. The maximum atomic E-state index is 4.41. The van der Waals surface area contributed by atoms with Crippen LogP contribution in [0, 0.1) is 11.8 Å². The molecule has 1 rings (SSSR count). The fourth-order valence-electron chi connectivity index (χ4n) is 1.51. The predicted molar refractivity (Wildman–Crippen MR) is 59.1 cm³/mol. The summed E-state index contributed by atoms with van der Waals surface area (Å²) in [6, 6.07) is 0. The summed E-state index contributed by atoms with van der Waals surface area (Å²) in [5, 5.41) is 0. The zero-order chi connectivity index (χ0) is 10.6. The third-order valence-electron chi connectivity index (χ3n) is 2.06. The van der Waals surface area contributed by atoms with Gasteiger partial charge in [-0.05, 0) is 24.7 Å². The summed E-state index contributed by atoms with van der Waals surface area (Å²) < 4.78 is 0. The lowest BCUT2D eigenvalue weighted by atomic mass is 10.0. The standard InChI is InChI=1S/C12H20N2/c1-9(2)7-11-12(8-10(3)4)14-6-5-13-11/h5-6,9-10H,7-8H2,1-4H3. The molecule has 1 aromatic heterocycles. The molecule has 0 aliphatic carbocycles. The molecule has 0 spiro atoms. The molecule has 0 atom stereocenters. The van der Waals surface area contributed by atoms with Crippen molar-refractivity contribution in [2.75, 3.05) is 0 Å². The molecule has 78 valence electrons. The molecule has 0 amide bonds. The van der Waals surface area contributed by atoms with E-state index in [2.05, 4.69) is 37.7 Å². The molecule has 0 radical (unpaired) electrons. The van der Waals surface area contributed by atoms with Gasteiger partial charge in [-0.15, -0.1) is 0 Å². The molecule has 14 heavy (non-hydrogen) atoms. The van der Waals surface area contributed by atoms with Crippen LogP contribution in [0.4, 0.5) is 0 Å². The first-order chi connectivity index (χ1) is 6.59. The summed E-state index contributed by atoms with van der Waals surface area (Å²) in [6.45, 7) is 8.86. The molecule has 0 saturated carbocycles. The van der Waals surface area contributed by atoms with Crippen LogP contribution < -0.4 is 0 Å². The van der Waals surface area contributed by atoms with Gasteiger partial charge < -0.3 is 0 Å². The molecule has 2 nitrogen and oxygen atoms in total. The largest absolute Gasteiger partial charge is 0.258 e. The van der Waals surface area contributed by atoms with Crippen LogP contribution in [0.15, 0.2) is 12.4 Å². The minimum Gasteiger partial charge on any atom is -0.258 e. The van der Waals surface area contributed by atoms with E-state index >= 15 is 0 Å². The molecule has 0 bridgehead atoms. The Morgan fingerprint density at radius 1 is 0.857 bits per heavy atom. The number of nitrogens with zero attached hydrogens (tertiary/aromatic N) is 2. The predicted octanol–water partition coefficient (Wildman–Crippen LogP) is 2.87. The Labute approximate surface area is 86.8 Å². The second kappa shape index (κ2) is 5.08. The van der Waals surface area contributed by atoms with E-state index in [1.165, 1.54) is 11.4 Å². The minimum absolute atomic E-state index is 0.651. The van der Waals surface area contributed by atoms with E-state index in [1.807, 2.05) is 0 Å². The summed E-state index contributed by atoms with van der Waals surface area (Å²) in [4.78, 5) is 8.82. The molecule has 0 aliphatic heterocycles. The SMILES string of the molecule is CC(C)Cc1nccnc1CC(C)C. The van der Waals surface area contributed by atoms with Gasteiger partial charge in [-0.25, -0.2) is 0 Å². The lowest BCUT2D eigenvalue weighted by molar-refractivity contribution is 0.594. The highest BCUT2D eigenvalue weighted by atomic mass is 14.8. The van der Waals surface area contributed by atoms with Crippen molar-refractivity contribution in [1.82, 2.24) is 9.97 Å². The Hall–Kier alpha value is -0.920. The summed E-state index contributed by atoms with van der Waals surface area (Å²) >= 11 is 0. The van der Waals surface area contributed by atoms with Gasteiger partial charge in [0.1, 0.15) is 0 Å². The van der Waals surface area contributed by atoms with Crippen LogP contribution in [0.2, 0.25) is 0 Å². The van der Waals surface area contributed by atoms with Crippen molar-refractivity contribution in [3.05, 3.63) is 23.8 Å². The van der Waals surface area contributed by atoms with Gasteiger partial charge in [-0.3, -0.25) is 9.97 Å². The second-order valence-electron chi connectivity index (χ2n) is 4.65. The van der Waals surface area contributed by atoms with Crippen molar-refractivity contribution < 1.29 is 0 Å².